The fourth-order valence-electron chi connectivity index (χ4n) is 1.99. The van der Waals surface area contributed by atoms with Crippen LogP contribution < -0.4 is 0 Å². The van der Waals surface area contributed by atoms with Crippen LogP contribution in [0, 0.1) is 5.41 Å². The van der Waals surface area contributed by atoms with Crippen LogP contribution in [0.4, 0.5) is 0 Å². The smallest absolute Gasteiger partial charge is 0.0524 e. The van der Waals surface area contributed by atoms with Crippen molar-refractivity contribution in [2.45, 2.75) is 52.3 Å². The lowest BCUT2D eigenvalue weighted by molar-refractivity contribution is 0.122. The van der Waals surface area contributed by atoms with Gasteiger partial charge in [0.05, 0.1) is 5.25 Å². The van der Waals surface area contributed by atoms with E-state index in [4.69, 9.17) is 0 Å². The summed E-state index contributed by atoms with van der Waals surface area (Å²) in [5.74, 6) is 0.833. The number of hydrogen-bond donors (Lipinski definition) is 0. The standard InChI is InChI=1S/C12H25NOS/c1-11(2,3)10-9-13(12(4,5)6)7-8-15(10)14/h10H,7-9H2,1-6H3. The molecule has 0 N–H and O–H groups in total. The highest BCUT2D eigenvalue weighted by Crippen LogP contribution is 2.30. The van der Waals surface area contributed by atoms with Gasteiger partial charge in [-0.05, 0) is 26.2 Å². The summed E-state index contributed by atoms with van der Waals surface area (Å²) in [5.41, 5.74) is 0.350. The minimum absolute atomic E-state index is 0.148. The van der Waals surface area contributed by atoms with Gasteiger partial charge in [0.25, 0.3) is 0 Å². The van der Waals surface area contributed by atoms with Crippen LogP contribution >= 0.6 is 0 Å². The largest absolute Gasteiger partial charge is 0.296 e. The lowest BCUT2D eigenvalue weighted by Crippen LogP contribution is -2.55. The minimum atomic E-state index is -0.645. The van der Waals surface area contributed by atoms with Gasteiger partial charge in [0.1, 0.15) is 0 Å². The quantitative estimate of drug-likeness (QED) is 0.637. The molecule has 2 atom stereocenters. The first-order valence-corrected chi connectivity index (χ1v) is 7.13. The zero-order chi connectivity index (χ0) is 11.9. The molecule has 1 rings (SSSR count). The lowest BCUT2D eigenvalue weighted by Gasteiger charge is -2.44. The fourth-order valence-corrected chi connectivity index (χ4v) is 3.81. The molecule has 0 amide bonds. The van der Waals surface area contributed by atoms with Gasteiger partial charge in [-0.1, -0.05) is 20.8 Å². The van der Waals surface area contributed by atoms with E-state index in [2.05, 4.69) is 46.4 Å². The van der Waals surface area contributed by atoms with Gasteiger partial charge in [0.2, 0.25) is 0 Å². The van der Waals surface area contributed by atoms with Crippen LogP contribution in [-0.2, 0) is 10.8 Å². The van der Waals surface area contributed by atoms with Crippen LogP contribution in [0.3, 0.4) is 0 Å². The summed E-state index contributed by atoms with van der Waals surface area (Å²) in [6.07, 6.45) is 0. The van der Waals surface area contributed by atoms with Crippen molar-refractivity contribution in [3.05, 3.63) is 0 Å². The van der Waals surface area contributed by atoms with Gasteiger partial charge in [-0.2, -0.15) is 0 Å². The lowest BCUT2D eigenvalue weighted by atomic mass is 9.90. The third-order valence-electron chi connectivity index (χ3n) is 3.18. The molecule has 1 heterocycles. The molecule has 2 unspecified atom stereocenters. The zero-order valence-corrected chi connectivity index (χ0v) is 11.8. The zero-order valence-electron chi connectivity index (χ0n) is 11.0. The van der Waals surface area contributed by atoms with Crippen LogP contribution in [0.5, 0.6) is 0 Å². The highest BCUT2D eigenvalue weighted by atomic mass is 32.2. The molecule has 0 radical (unpaired) electrons. The van der Waals surface area contributed by atoms with Crippen LogP contribution in [0.25, 0.3) is 0 Å². The molecular weight excluding hydrogens is 206 g/mol. The summed E-state index contributed by atoms with van der Waals surface area (Å²) in [6, 6.07) is 0. The fraction of sp³-hybridized carbons (Fsp3) is 1.00. The van der Waals surface area contributed by atoms with Crippen LogP contribution in [0.2, 0.25) is 0 Å². The van der Waals surface area contributed by atoms with Crippen LogP contribution in [0.15, 0.2) is 0 Å². The van der Waals surface area contributed by atoms with E-state index in [1.807, 2.05) is 0 Å². The summed E-state index contributed by atoms with van der Waals surface area (Å²) in [7, 11) is -0.645. The number of nitrogens with zero attached hydrogens (tertiary/aromatic N) is 1. The van der Waals surface area contributed by atoms with Gasteiger partial charge in [-0.25, -0.2) is 0 Å². The molecule has 2 nitrogen and oxygen atoms in total. The summed E-state index contributed by atoms with van der Waals surface area (Å²) < 4.78 is 12.0. The average Bonchev–Trinajstić information content (AvgIpc) is 2.00. The van der Waals surface area contributed by atoms with Crippen molar-refractivity contribution in [1.82, 2.24) is 4.90 Å². The minimum Gasteiger partial charge on any atom is -0.296 e. The Hall–Kier alpha value is 0.110. The van der Waals surface area contributed by atoms with E-state index in [-0.39, 0.29) is 11.0 Å². The Morgan fingerprint density at radius 2 is 1.67 bits per heavy atom. The number of hydrogen-bond acceptors (Lipinski definition) is 2. The second kappa shape index (κ2) is 4.17. The van der Waals surface area contributed by atoms with E-state index in [0.29, 0.717) is 5.25 Å². The van der Waals surface area contributed by atoms with Crippen molar-refractivity contribution in [3.8, 4) is 0 Å². The van der Waals surface area contributed by atoms with Crippen molar-refractivity contribution in [1.29, 1.82) is 0 Å². The molecule has 0 bridgehead atoms. The Balaban J connectivity index is 2.78. The molecule has 0 saturated carbocycles. The van der Waals surface area contributed by atoms with Gasteiger partial charge in [0.15, 0.2) is 0 Å². The Kier molecular flexibility index (Phi) is 3.66. The third-order valence-corrected chi connectivity index (χ3v) is 5.26. The summed E-state index contributed by atoms with van der Waals surface area (Å²) in [5, 5.41) is 0.311. The van der Waals surface area contributed by atoms with Crippen molar-refractivity contribution < 1.29 is 4.21 Å². The van der Waals surface area contributed by atoms with Crippen LogP contribution in [0.1, 0.15) is 41.5 Å². The maximum Gasteiger partial charge on any atom is 0.0524 e. The maximum absolute atomic E-state index is 12.0. The van der Waals surface area contributed by atoms with Gasteiger partial charge >= 0.3 is 0 Å². The summed E-state index contributed by atoms with van der Waals surface area (Å²) >= 11 is 0. The molecule has 90 valence electrons. The SMILES string of the molecule is CC(C)(C)C1CN(C(C)(C)C)CCS1=O. The van der Waals surface area contributed by atoms with Crippen molar-refractivity contribution in [2.75, 3.05) is 18.8 Å². The van der Waals surface area contributed by atoms with Crippen molar-refractivity contribution >= 4 is 10.8 Å². The van der Waals surface area contributed by atoms with E-state index in [0.717, 1.165) is 18.8 Å². The molecule has 1 fully saturated rings. The summed E-state index contributed by atoms with van der Waals surface area (Å²) in [6.45, 7) is 15.2. The molecule has 1 aliphatic rings. The molecule has 0 aromatic rings. The highest BCUT2D eigenvalue weighted by Gasteiger charge is 2.37. The molecule has 15 heavy (non-hydrogen) atoms. The first-order chi connectivity index (χ1) is 6.62. The van der Waals surface area contributed by atoms with Crippen molar-refractivity contribution in [3.63, 3.8) is 0 Å². The van der Waals surface area contributed by atoms with E-state index in [1.165, 1.54) is 0 Å². The molecule has 1 aliphatic heterocycles. The Labute approximate surface area is 96.9 Å². The van der Waals surface area contributed by atoms with Gasteiger partial charge < -0.3 is 0 Å². The first kappa shape index (κ1) is 13.2. The van der Waals surface area contributed by atoms with E-state index < -0.39 is 10.8 Å². The Bertz CT molecular complexity index is 249. The molecule has 1 saturated heterocycles. The monoisotopic (exact) mass is 231 g/mol. The predicted molar refractivity (Wildman–Crippen MR) is 67.6 cm³/mol. The predicted octanol–water partition coefficient (Wildman–Crippen LogP) is 2.26. The average molecular weight is 231 g/mol. The molecule has 3 heteroatoms. The van der Waals surface area contributed by atoms with Crippen LogP contribution in [-0.4, -0.2) is 38.7 Å². The summed E-state index contributed by atoms with van der Waals surface area (Å²) in [4.78, 5) is 2.46. The van der Waals surface area contributed by atoms with Gasteiger partial charge in [-0.3, -0.25) is 9.11 Å². The maximum atomic E-state index is 12.0. The van der Waals surface area contributed by atoms with Gasteiger partial charge in [-0.15, -0.1) is 0 Å². The van der Waals surface area contributed by atoms with E-state index >= 15 is 0 Å². The molecule has 0 aromatic heterocycles. The topological polar surface area (TPSA) is 20.3 Å². The number of rotatable bonds is 0. The second-order valence-electron chi connectivity index (χ2n) is 6.56. The third kappa shape index (κ3) is 3.28. The molecular formula is C12H25NOS. The molecule has 0 aromatic carbocycles. The van der Waals surface area contributed by atoms with E-state index in [1.54, 1.807) is 0 Å². The first-order valence-electron chi connectivity index (χ1n) is 5.74. The Morgan fingerprint density at radius 1 is 1.13 bits per heavy atom. The van der Waals surface area contributed by atoms with Gasteiger partial charge in [0, 0.05) is 35.2 Å². The normalized spacial score (nSPS) is 30.5. The van der Waals surface area contributed by atoms with Crippen molar-refractivity contribution in [2.24, 2.45) is 5.41 Å². The highest BCUT2D eigenvalue weighted by molar-refractivity contribution is 7.85. The molecule has 0 spiro atoms. The van der Waals surface area contributed by atoms with E-state index in [9.17, 15) is 4.21 Å². The Morgan fingerprint density at radius 3 is 2.07 bits per heavy atom. The second-order valence-corrected chi connectivity index (χ2v) is 8.30. The molecule has 0 aliphatic carbocycles.